The first kappa shape index (κ1) is 80.6. The van der Waals surface area contributed by atoms with Gasteiger partial charge in [-0.25, -0.2) is 33.7 Å². The molecule has 433 valence electrons. The predicted octanol–water partition coefficient (Wildman–Crippen LogP) is 8.86. The Morgan fingerprint density at radius 1 is 0.493 bits per heavy atom. The first-order valence-corrected chi connectivity index (χ1v) is 30.0. The van der Waals surface area contributed by atoms with Gasteiger partial charge in [0.25, 0.3) is 0 Å². The third-order valence-corrected chi connectivity index (χ3v) is 16.1. The van der Waals surface area contributed by atoms with E-state index >= 15 is 0 Å². The van der Waals surface area contributed by atoms with E-state index < -0.39 is 45.7 Å². The van der Waals surface area contributed by atoms with Gasteiger partial charge in [-0.3, -0.25) is 0 Å². The molecular formula is C45H71Cl4F3Mn2N7O10S4. The van der Waals surface area contributed by atoms with Crippen LogP contribution in [0.15, 0.2) is 51.1 Å². The van der Waals surface area contributed by atoms with E-state index in [0.29, 0.717) is 33.4 Å². The summed E-state index contributed by atoms with van der Waals surface area (Å²) in [5, 5.41) is 0.389. The van der Waals surface area contributed by atoms with Crippen molar-refractivity contribution in [2.75, 3.05) is 110 Å². The molecule has 3 aromatic rings. The molecule has 1 radical (unpaired) electrons. The smallest absolute Gasteiger partial charge is 0.870 e. The maximum Gasteiger partial charge on any atom is 3.00 e. The topological polar surface area (TPSA) is 245 Å². The van der Waals surface area contributed by atoms with Crippen LogP contribution in [0.1, 0.15) is 50.1 Å². The molecule has 0 atom stereocenters. The van der Waals surface area contributed by atoms with E-state index in [1.54, 1.807) is 82.8 Å². The summed E-state index contributed by atoms with van der Waals surface area (Å²) >= 11 is 19.1. The van der Waals surface area contributed by atoms with E-state index in [0.717, 1.165) is 16.7 Å². The SMILES string of the molecule is CN1CCN(C)CCN(C)CC1.Cc1cc(C)c(S(=O)(=O)[N-]CCN(CC[N-]S(=O)(=O)c2c(C)cc(C)cc2C)CC[N-]S(=O)(=O)c2c(C)cc(C)cc2C)c(C)c1.ClCCl.ClCCl.O=S(=O)([O-])C(F)(F)F.[Mn+2].[Mn+3].[OH-]. The number of benzene rings is 3. The van der Waals surface area contributed by atoms with Crippen LogP contribution in [0.2, 0.25) is 0 Å². The molecule has 0 aromatic heterocycles. The standard InChI is InChI=1S/C33H45N4O6S3.C9H21N3.2CH2Cl2.CHF3O3S.2Mn.H2O/c1-22-16-25(4)31(26(5)17-22)44(38,39)34-10-13-37(14-11-35-45(40,41)32-27(6)18-23(2)19-28(32)7)15-12-36-46(42,43)33-29(8)20-24(3)21-30(33)9;1-10-4-6-11(2)8-9-12(3)7-5-10;2*2-1-3;2-1(3,4)8(5,6)7;;;/h16-21H,10-15H2,1-9H3;4-9H2,1-3H3;2*1H2;(H,5,6,7);;;1H2/q-3;;;;;+2;+3;/p-2. The molecule has 1 heterocycles. The number of sulfonamides is 3. The van der Waals surface area contributed by atoms with Gasteiger partial charge in [0.05, 0.1) is 25.4 Å². The average Bonchev–Trinajstić information content (AvgIpc) is 3.26. The number of likely N-dealkylation sites (N-methyl/N-ethyl adjacent to an activating group) is 3. The van der Waals surface area contributed by atoms with Crippen molar-refractivity contribution in [2.24, 2.45) is 0 Å². The Hall–Kier alpha value is -0.911. The molecular weight excluding hydrogens is 1240 g/mol. The minimum Gasteiger partial charge on any atom is -0.870 e. The molecule has 1 N–H and O–H groups in total. The van der Waals surface area contributed by atoms with E-state index in [-0.39, 0.29) is 104 Å². The Morgan fingerprint density at radius 3 is 0.800 bits per heavy atom. The summed E-state index contributed by atoms with van der Waals surface area (Å²) in [6, 6.07) is 10.8. The first-order valence-electron chi connectivity index (χ1n) is 22.1. The summed E-state index contributed by atoms with van der Waals surface area (Å²) in [6.07, 6.45) is 0. The van der Waals surface area contributed by atoms with E-state index in [2.05, 4.69) is 50.0 Å². The molecule has 0 spiro atoms. The molecule has 4 rings (SSSR count). The summed E-state index contributed by atoms with van der Waals surface area (Å²) in [7, 11) is -11.4. The Labute approximate surface area is 486 Å². The van der Waals surface area contributed by atoms with Crippen LogP contribution in [0.25, 0.3) is 14.2 Å². The molecule has 75 heavy (non-hydrogen) atoms. The maximum atomic E-state index is 13.2. The van der Waals surface area contributed by atoms with Gasteiger partial charge in [0.1, 0.15) is 30.1 Å². The van der Waals surface area contributed by atoms with Gasteiger partial charge in [0.2, 0.25) is 0 Å². The number of rotatable bonds is 15. The van der Waals surface area contributed by atoms with Crippen molar-refractivity contribution in [3.63, 3.8) is 0 Å². The largest absolute Gasteiger partial charge is 3.00 e. The van der Waals surface area contributed by atoms with Crippen molar-refractivity contribution in [3.05, 3.63) is 101 Å². The van der Waals surface area contributed by atoms with Gasteiger partial charge in [-0.05, 0) is 136 Å². The quantitative estimate of drug-likeness (QED) is 0.0597. The summed E-state index contributed by atoms with van der Waals surface area (Å²) in [6.45, 7) is 23.3. The van der Waals surface area contributed by atoms with Crippen molar-refractivity contribution >= 4 is 86.6 Å². The molecule has 0 aliphatic carbocycles. The van der Waals surface area contributed by atoms with Crippen LogP contribution in [0.5, 0.6) is 0 Å². The molecule has 0 amide bonds. The van der Waals surface area contributed by atoms with Gasteiger partial charge in [-0.2, -0.15) is 13.2 Å². The molecule has 1 saturated heterocycles. The molecule has 17 nitrogen and oxygen atoms in total. The molecule has 0 saturated carbocycles. The fourth-order valence-corrected chi connectivity index (χ4v) is 11.7. The number of hydrogen-bond acceptors (Lipinski definition) is 14. The van der Waals surface area contributed by atoms with Crippen LogP contribution >= 0.6 is 46.4 Å². The molecule has 30 heteroatoms. The average molecular weight is 1310 g/mol. The number of alkyl halides is 7. The Bertz CT molecular complexity index is 2310. The van der Waals surface area contributed by atoms with E-state index in [1.807, 2.05) is 20.8 Å². The second-order valence-electron chi connectivity index (χ2n) is 17.0. The minimum atomic E-state index is -6.09. The van der Waals surface area contributed by atoms with E-state index in [1.165, 1.54) is 39.3 Å². The monoisotopic (exact) mass is 1300 g/mol. The van der Waals surface area contributed by atoms with E-state index in [9.17, 15) is 38.4 Å². The van der Waals surface area contributed by atoms with Crippen LogP contribution in [-0.4, -0.2) is 179 Å². The second kappa shape index (κ2) is 37.9. The summed E-state index contributed by atoms with van der Waals surface area (Å²) in [4.78, 5) is 9.43. The molecule has 0 bridgehead atoms. The fourth-order valence-electron chi connectivity index (χ4n) is 7.52. The zero-order chi connectivity index (χ0) is 56.0. The number of aryl methyl sites for hydroxylation is 9. The fraction of sp³-hybridized carbons (Fsp3) is 0.600. The molecule has 1 aliphatic rings. The van der Waals surface area contributed by atoms with Crippen molar-refractivity contribution in [3.8, 4) is 0 Å². The van der Waals surface area contributed by atoms with Crippen molar-refractivity contribution < 1.29 is 91.0 Å². The van der Waals surface area contributed by atoms with Crippen molar-refractivity contribution in [1.82, 2.24) is 19.6 Å². The van der Waals surface area contributed by atoms with Crippen molar-refractivity contribution in [2.45, 2.75) is 82.5 Å². The molecule has 1 aliphatic heterocycles. The van der Waals surface area contributed by atoms with Crippen LogP contribution in [0, 0.1) is 62.3 Å². The summed E-state index contributed by atoms with van der Waals surface area (Å²) < 4.78 is 150. The summed E-state index contributed by atoms with van der Waals surface area (Å²) in [5.41, 5.74) is 0.836. The number of hydrogen-bond donors (Lipinski definition) is 0. The van der Waals surface area contributed by atoms with Gasteiger partial charge in [0, 0.05) is 39.3 Å². The zero-order valence-electron chi connectivity index (χ0n) is 44.2. The third kappa shape index (κ3) is 30.5. The van der Waals surface area contributed by atoms with Crippen LogP contribution in [0.4, 0.5) is 13.2 Å². The van der Waals surface area contributed by atoms with Crippen LogP contribution < -0.4 is 0 Å². The second-order valence-corrected chi connectivity index (χ2v) is 24.9. The minimum absolute atomic E-state index is 0. The Kier molecular flexibility index (Phi) is 40.7. The Balaban J connectivity index is -0.000000712. The van der Waals surface area contributed by atoms with Crippen LogP contribution in [0.3, 0.4) is 0 Å². The first-order chi connectivity index (χ1) is 33.0. The number of halogens is 7. The summed E-state index contributed by atoms with van der Waals surface area (Å²) in [5.74, 6) is 0. The van der Waals surface area contributed by atoms with Gasteiger partial charge >= 0.3 is 39.6 Å². The molecule has 3 aromatic carbocycles. The van der Waals surface area contributed by atoms with Crippen LogP contribution in [-0.2, 0) is 74.3 Å². The van der Waals surface area contributed by atoms with Gasteiger partial charge in [-0.15, -0.1) is 66.0 Å². The van der Waals surface area contributed by atoms with Crippen molar-refractivity contribution in [1.29, 1.82) is 0 Å². The van der Waals surface area contributed by atoms with Gasteiger partial charge < -0.3 is 43.8 Å². The normalized spacial score (nSPS) is 13.9. The zero-order valence-corrected chi connectivity index (χ0v) is 52.8. The predicted molar refractivity (Wildman–Crippen MR) is 288 cm³/mol. The molecule has 1 fully saturated rings. The Morgan fingerprint density at radius 2 is 0.653 bits per heavy atom. The third-order valence-electron chi connectivity index (χ3n) is 10.5. The maximum absolute atomic E-state index is 13.2. The van der Waals surface area contributed by atoms with E-state index in [4.69, 9.17) is 59.4 Å². The molecule has 0 unspecified atom stereocenters. The van der Waals surface area contributed by atoms with Gasteiger partial charge in [-0.1, -0.05) is 53.1 Å². The number of nitrogens with zero attached hydrogens (tertiary/aromatic N) is 7. The van der Waals surface area contributed by atoms with Gasteiger partial charge in [0.15, 0.2) is 10.1 Å².